The Hall–Kier alpha value is -0.260. The number of carboxylic acid groups (broad SMARTS) is 1. The first-order valence-electron chi connectivity index (χ1n) is 3.88. The van der Waals surface area contributed by atoms with Crippen molar-refractivity contribution in [2.45, 2.75) is 25.7 Å². The molecule has 6 heteroatoms. The van der Waals surface area contributed by atoms with Gasteiger partial charge in [0.25, 0.3) is 0 Å². The molecule has 5 nitrogen and oxygen atoms in total. The Morgan fingerprint density at radius 2 is 1.85 bits per heavy atom. The van der Waals surface area contributed by atoms with Gasteiger partial charge in [0.1, 0.15) is 0 Å². The van der Waals surface area contributed by atoms with E-state index in [0.717, 1.165) is 12.8 Å². The number of aliphatic imine (C=N–C) groups is 1. The Morgan fingerprint density at radius 3 is 2.31 bits per heavy atom. The number of carbonyl (C=O) groups is 1. The molecule has 0 aromatic rings. The zero-order valence-corrected chi connectivity index (χ0v) is 9.95. The first kappa shape index (κ1) is 15.2. The van der Waals surface area contributed by atoms with Crippen molar-refractivity contribution >= 4 is 11.9 Å². The zero-order chi connectivity index (χ0) is 9.40. The van der Waals surface area contributed by atoms with Gasteiger partial charge in [-0.15, -0.1) is 0 Å². The van der Waals surface area contributed by atoms with Crippen LogP contribution in [0.5, 0.6) is 0 Å². The van der Waals surface area contributed by atoms with Gasteiger partial charge in [0.2, 0.25) is 0 Å². The molecule has 70 valence electrons. The SMILES string of the molecule is NC(N)=NCCCCCC(=O)[O-].[Na+]. The van der Waals surface area contributed by atoms with Crippen LogP contribution in [-0.4, -0.2) is 18.5 Å². The van der Waals surface area contributed by atoms with Gasteiger partial charge in [-0.1, -0.05) is 6.42 Å². The van der Waals surface area contributed by atoms with Crippen molar-refractivity contribution in [2.75, 3.05) is 6.54 Å². The molecule has 0 fully saturated rings. The first-order chi connectivity index (χ1) is 5.63. The third kappa shape index (κ3) is 14.6. The van der Waals surface area contributed by atoms with Crippen molar-refractivity contribution < 1.29 is 39.5 Å². The molecule has 13 heavy (non-hydrogen) atoms. The Kier molecular flexibility index (Phi) is 11.5. The van der Waals surface area contributed by atoms with Crippen LogP contribution in [0.3, 0.4) is 0 Å². The molecule has 4 N–H and O–H groups in total. The minimum atomic E-state index is -1.00. The van der Waals surface area contributed by atoms with Crippen molar-refractivity contribution in [2.24, 2.45) is 16.5 Å². The molecule has 0 radical (unpaired) electrons. The summed E-state index contributed by atoms with van der Waals surface area (Å²) in [6.45, 7) is 0.565. The Bertz CT molecular complexity index is 169. The summed E-state index contributed by atoms with van der Waals surface area (Å²) < 4.78 is 0. The minimum absolute atomic E-state index is 0. The van der Waals surface area contributed by atoms with Crippen LogP contribution >= 0.6 is 0 Å². The molecule has 0 aromatic heterocycles. The standard InChI is InChI=1S/C7H15N3O2.Na/c8-7(9)10-5-3-1-2-4-6(11)12;/h1-5H2,(H,11,12)(H4,8,9,10);/q;+1/p-1. The average molecular weight is 195 g/mol. The number of carboxylic acids is 1. The van der Waals surface area contributed by atoms with E-state index >= 15 is 0 Å². The Morgan fingerprint density at radius 1 is 1.23 bits per heavy atom. The number of hydrogen-bond donors (Lipinski definition) is 2. The monoisotopic (exact) mass is 195 g/mol. The van der Waals surface area contributed by atoms with E-state index in [1.165, 1.54) is 0 Å². The van der Waals surface area contributed by atoms with Gasteiger partial charge in [-0.2, -0.15) is 0 Å². The van der Waals surface area contributed by atoms with Crippen molar-refractivity contribution in [3.8, 4) is 0 Å². The topological polar surface area (TPSA) is 105 Å². The van der Waals surface area contributed by atoms with E-state index in [0.29, 0.717) is 13.0 Å². The van der Waals surface area contributed by atoms with Crippen LogP contribution in [-0.2, 0) is 4.79 Å². The third-order valence-electron chi connectivity index (χ3n) is 1.33. The molecule has 0 aliphatic heterocycles. The molecule has 0 rings (SSSR count). The summed E-state index contributed by atoms with van der Waals surface area (Å²) in [5.74, 6) is -0.924. The van der Waals surface area contributed by atoms with Crippen LogP contribution in [0.2, 0.25) is 0 Å². The molecule has 0 saturated heterocycles. The fourth-order valence-corrected chi connectivity index (χ4v) is 0.766. The summed E-state index contributed by atoms with van der Waals surface area (Å²) in [7, 11) is 0. The Balaban J connectivity index is 0. The van der Waals surface area contributed by atoms with E-state index in [4.69, 9.17) is 11.5 Å². The summed E-state index contributed by atoms with van der Waals surface area (Å²) in [6, 6.07) is 0. The van der Waals surface area contributed by atoms with Crippen molar-refractivity contribution in [1.82, 2.24) is 0 Å². The van der Waals surface area contributed by atoms with Gasteiger partial charge >= 0.3 is 29.6 Å². The summed E-state index contributed by atoms with van der Waals surface area (Å²) in [5, 5.41) is 9.96. The van der Waals surface area contributed by atoms with E-state index in [1.54, 1.807) is 0 Å². The normalized spacial score (nSPS) is 8.62. The predicted molar refractivity (Wildman–Crippen MR) is 44.2 cm³/mol. The van der Waals surface area contributed by atoms with Crippen LogP contribution in [0.4, 0.5) is 0 Å². The van der Waals surface area contributed by atoms with Gasteiger partial charge in [0, 0.05) is 12.5 Å². The van der Waals surface area contributed by atoms with E-state index < -0.39 is 5.97 Å². The summed E-state index contributed by atoms with van der Waals surface area (Å²) in [4.78, 5) is 13.7. The maximum absolute atomic E-state index is 9.96. The molecule has 0 bridgehead atoms. The van der Waals surface area contributed by atoms with Gasteiger partial charge in [-0.3, -0.25) is 4.99 Å². The third-order valence-corrected chi connectivity index (χ3v) is 1.33. The maximum atomic E-state index is 9.96. The van der Waals surface area contributed by atoms with Crippen LogP contribution in [0, 0.1) is 0 Å². The van der Waals surface area contributed by atoms with Crippen LogP contribution in [0.1, 0.15) is 25.7 Å². The van der Waals surface area contributed by atoms with Crippen LogP contribution < -0.4 is 46.1 Å². The predicted octanol–water partition coefficient (Wildman–Crippen LogP) is -4.43. The molecule has 0 heterocycles. The number of guanidine groups is 1. The van der Waals surface area contributed by atoms with Gasteiger partial charge in [0.05, 0.1) is 0 Å². The zero-order valence-electron chi connectivity index (χ0n) is 7.95. The second kappa shape index (κ2) is 9.83. The first-order valence-corrected chi connectivity index (χ1v) is 3.88. The molecular weight excluding hydrogens is 181 g/mol. The quantitative estimate of drug-likeness (QED) is 0.193. The number of rotatable bonds is 6. The molecule has 0 atom stereocenters. The van der Waals surface area contributed by atoms with Crippen LogP contribution in [0.15, 0.2) is 4.99 Å². The van der Waals surface area contributed by atoms with Crippen molar-refractivity contribution in [3.05, 3.63) is 0 Å². The minimum Gasteiger partial charge on any atom is -0.550 e. The van der Waals surface area contributed by atoms with Crippen molar-refractivity contribution in [1.29, 1.82) is 0 Å². The van der Waals surface area contributed by atoms with Gasteiger partial charge in [-0.05, 0) is 19.3 Å². The molecule has 0 aliphatic rings. The molecule has 0 aliphatic carbocycles. The molecule has 0 aromatic carbocycles. The Labute approximate surface area is 99.9 Å². The van der Waals surface area contributed by atoms with Gasteiger partial charge in [-0.25, -0.2) is 0 Å². The van der Waals surface area contributed by atoms with E-state index in [-0.39, 0.29) is 41.9 Å². The fraction of sp³-hybridized carbons (Fsp3) is 0.714. The number of carbonyl (C=O) groups excluding carboxylic acids is 1. The largest absolute Gasteiger partial charge is 1.00 e. The van der Waals surface area contributed by atoms with E-state index in [2.05, 4.69) is 4.99 Å². The molecule has 0 saturated carbocycles. The second-order valence-corrected chi connectivity index (χ2v) is 2.49. The fourth-order valence-electron chi connectivity index (χ4n) is 0.766. The van der Waals surface area contributed by atoms with Crippen molar-refractivity contribution in [3.63, 3.8) is 0 Å². The second-order valence-electron chi connectivity index (χ2n) is 2.49. The summed E-state index contributed by atoms with van der Waals surface area (Å²) >= 11 is 0. The molecular formula is C7H14N3NaO2. The average Bonchev–Trinajstić information content (AvgIpc) is 1.95. The number of nitrogens with zero attached hydrogens (tertiary/aromatic N) is 1. The number of aliphatic carboxylic acids is 1. The number of nitrogens with two attached hydrogens (primary N) is 2. The maximum Gasteiger partial charge on any atom is 1.00 e. The number of hydrogen-bond acceptors (Lipinski definition) is 3. The number of unbranched alkanes of at least 4 members (excludes halogenated alkanes) is 2. The van der Waals surface area contributed by atoms with Gasteiger partial charge < -0.3 is 21.4 Å². The summed E-state index contributed by atoms with van der Waals surface area (Å²) in [5.41, 5.74) is 10.2. The van der Waals surface area contributed by atoms with E-state index in [9.17, 15) is 9.90 Å². The van der Waals surface area contributed by atoms with Gasteiger partial charge in [0.15, 0.2) is 5.96 Å². The summed E-state index contributed by atoms with van der Waals surface area (Å²) in [6.07, 6.45) is 2.36. The molecule has 0 amide bonds. The molecule has 0 spiro atoms. The molecule has 0 unspecified atom stereocenters. The van der Waals surface area contributed by atoms with E-state index in [1.807, 2.05) is 0 Å². The van der Waals surface area contributed by atoms with Crippen LogP contribution in [0.25, 0.3) is 0 Å². The smallest absolute Gasteiger partial charge is 0.550 e.